The fraction of sp³-hybridized carbons (Fsp3) is 0.316. The molecule has 0 atom stereocenters. The highest BCUT2D eigenvalue weighted by molar-refractivity contribution is 7.89. The number of halogens is 1. The molecule has 6 nitrogen and oxygen atoms in total. The third kappa shape index (κ3) is 5.95. The van der Waals surface area contributed by atoms with Gasteiger partial charge in [0.1, 0.15) is 5.75 Å². The molecule has 0 spiro atoms. The molecule has 0 aliphatic rings. The molecule has 0 radical (unpaired) electrons. The van der Waals surface area contributed by atoms with Gasteiger partial charge in [0.15, 0.2) is 0 Å². The van der Waals surface area contributed by atoms with Crippen molar-refractivity contribution in [1.29, 1.82) is 0 Å². The number of carbonyl (C=O) groups excluding carboxylic acids is 1. The van der Waals surface area contributed by atoms with E-state index in [1.165, 1.54) is 26.2 Å². The summed E-state index contributed by atoms with van der Waals surface area (Å²) < 4.78 is 31.1. The van der Waals surface area contributed by atoms with E-state index in [1.54, 1.807) is 24.3 Å². The minimum atomic E-state index is -3.54. The smallest absolute Gasteiger partial charge is 0.242 e. The van der Waals surface area contributed by atoms with Crippen LogP contribution in [0.25, 0.3) is 0 Å². The number of carbonyl (C=O) groups is 1. The molecule has 0 unspecified atom stereocenters. The summed E-state index contributed by atoms with van der Waals surface area (Å²) in [6.07, 6.45) is 0.793. The first-order valence-corrected chi connectivity index (χ1v) is 10.2. The lowest BCUT2D eigenvalue weighted by atomic mass is 10.2. The molecule has 27 heavy (non-hydrogen) atoms. The van der Waals surface area contributed by atoms with Gasteiger partial charge in [0, 0.05) is 31.2 Å². The van der Waals surface area contributed by atoms with Crippen LogP contribution in [0.1, 0.15) is 18.4 Å². The van der Waals surface area contributed by atoms with Crippen molar-refractivity contribution < 1.29 is 17.9 Å². The van der Waals surface area contributed by atoms with Gasteiger partial charge >= 0.3 is 0 Å². The van der Waals surface area contributed by atoms with Crippen LogP contribution in [0.3, 0.4) is 0 Å². The van der Waals surface area contributed by atoms with Gasteiger partial charge < -0.3 is 10.1 Å². The Morgan fingerprint density at radius 1 is 1.19 bits per heavy atom. The Balaban J connectivity index is 1.86. The Kier molecular flexibility index (Phi) is 7.24. The van der Waals surface area contributed by atoms with Gasteiger partial charge in [-0.3, -0.25) is 4.79 Å². The normalized spacial score (nSPS) is 11.4. The minimum Gasteiger partial charge on any atom is -0.493 e. The lowest BCUT2D eigenvalue weighted by molar-refractivity contribution is -0.116. The average molecular weight is 411 g/mol. The van der Waals surface area contributed by atoms with Gasteiger partial charge in [-0.15, -0.1) is 0 Å². The van der Waals surface area contributed by atoms with E-state index < -0.39 is 10.0 Å². The molecule has 0 saturated heterocycles. The van der Waals surface area contributed by atoms with E-state index in [2.05, 4.69) is 5.32 Å². The zero-order valence-corrected chi connectivity index (χ0v) is 17.1. The summed E-state index contributed by atoms with van der Waals surface area (Å²) in [6, 6.07) is 11.6. The highest BCUT2D eigenvalue weighted by Crippen LogP contribution is 2.22. The van der Waals surface area contributed by atoms with E-state index in [-0.39, 0.29) is 17.2 Å². The van der Waals surface area contributed by atoms with Crippen molar-refractivity contribution >= 4 is 33.2 Å². The van der Waals surface area contributed by atoms with E-state index in [0.717, 1.165) is 15.6 Å². The number of hydrogen-bond donors (Lipinski definition) is 1. The van der Waals surface area contributed by atoms with Crippen LogP contribution in [-0.2, 0) is 14.8 Å². The lowest BCUT2D eigenvalue weighted by Gasteiger charge is -2.13. The van der Waals surface area contributed by atoms with Gasteiger partial charge in [0.05, 0.1) is 11.5 Å². The second-order valence-corrected chi connectivity index (χ2v) is 8.81. The van der Waals surface area contributed by atoms with Gasteiger partial charge in [-0.05, 0) is 55.3 Å². The van der Waals surface area contributed by atoms with E-state index in [9.17, 15) is 13.2 Å². The zero-order chi connectivity index (χ0) is 20.0. The molecule has 2 aromatic carbocycles. The molecule has 0 aliphatic heterocycles. The van der Waals surface area contributed by atoms with E-state index in [0.29, 0.717) is 23.7 Å². The average Bonchev–Trinajstić information content (AvgIpc) is 2.60. The Morgan fingerprint density at radius 2 is 1.93 bits per heavy atom. The number of sulfonamides is 1. The Hall–Kier alpha value is -2.09. The number of benzene rings is 2. The predicted octanol–water partition coefficient (Wildman–Crippen LogP) is 3.70. The summed E-state index contributed by atoms with van der Waals surface area (Å²) in [7, 11) is -0.619. The molecule has 1 amide bonds. The minimum absolute atomic E-state index is 0.131. The largest absolute Gasteiger partial charge is 0.493 e. The Labute approximate surface area is 165 Å². The van der Waals surface area contributed by atoms with Crippen molar-refractivity contribution in [3.8, 4) is 5.75 Å². The van der Waals surface area contributed by atoms with Gasteiger partial charge in [-0.2, -0.15) is 0 Å². The van der Waals surface area contributed by atoms with Crippen molar-refractivity contribution in [2.24, 2.45) is 0 Å². The number of rotatable bonds is 8. The molecule has 0 saturated carbocycles. The van der Waals surface area contributed by atoms with Crippen molar-refractivity contribution in [1.82, 2.24) is 4.31 Å². The number of ether oxygens (including phenoxy) is 1. The first-order chi connectivity index (χ1) is 12.7. The molecule has 8 heteroatoms. The molecule has 0 heterocycles. The first-order valence-electron chi connectivity index (χ1n) is 8.41. The van der Waals surface area contributed by atoms with Gasteiger partial charge in [0.2, 0.25) is 15.9 Å². The van der Waals surface area contributed by atoms with E-state index >= 15 is 0 Å². The van der Waals surface area contributed by atoms with Crippen molar-refractivity contribution in [2.45, 2.75) is 24.7 Å². The molecule has 0 aromatic heterocycles. The summed E-state index contributed by atoms with van der Waals surface area (Å²) >= 11 is 5.90. The van der Waals surface area contributed by atoms with Crippen LogP contribution in [0.2, 0.25) is 5.02 Å². The third-order valence-electron chi connectivity index (χ3n) is 3.84. The first kappa shape index (κ1) is 21.2. The number of aryl methyl sites for hydroxylation is 1. The molecule has 0 bridgehead atoms. The van der Waals surface area contributed by atoms with Crippen LogP contribution >= 0.6 is 11.6 Å². The van der Waals surface area contributed by atoms with Crippen LogP contribution in [0, 0.1) is 6.92 Å². The van der Waals surface area contributed by atoms with Crippen LogP contribution < -0.4 is 10.1 Å². The fourth-order valence-electron chi connectivity index (χ4n) is 2.36. The summed E-state index contributed by atoms with van der Waals surface area (Å²) in [5.41, 5.74) is 1.38. The standard InChI is InChI=1S/C19H23ClN2O4S/c1-14-12-15(20)9-10-18(14)26-11-5-8-19(23)21-16-6-4-7-17(13-16)27(24,25)22(2)3/h4,6-7,9-10,12-13H,5,8,11H2,1-3H3,(H,21,23). The Morgan fingerprint density at radius 3 is 2.59 bits per heavy atom. The van der Waals surface area contributed by atoms with Crippen LogP contribution in [-0.4, -0.2) is 39.3 Å². The number of anilines is 1. The number of hydrogen-bond acceptors (Lipinski definition) is 4. The van der Waals surface area contributed by atoms with Crippen molar-refractivity contribution in [2.75, 3.05) is 26.0 Å². The van der Waals surface area contributed by atoms with Crippen LogP contribution in [0.4, 0.5) is 5.69 Å². The maximum absolute atomic E-state index is 12.2. The molecule has 146 valence electrons. The molecular formula is C19H23ClN2O4S. The quantitative estimate of drug-likeness (QED) is 0.673. The van der Waals surface area contributed by atoms with Crippen LogP contribution in [0.15, 0.2) is 47.4 Å². The van der Waals surface area contributed by atoms with E-state index in [4.69, 9.17) is 16.3 Å². The van der Waals surface area contributed by atoms with E-state index in [1.807, 2.05) is 13.0 Å². The number of nitrogens with one attached hydrogen (secondary N) is 1. The van der Waals surface area contributed by atoms with Gasteiger partial charge in [0.25, 0.3) is 0 Å². The molecule has 1 N–H and O–H groups in total. The SMILES string of the molecule is Cc1cc(Cl)ccc1OCCCC(=O)Nc1cccc(S(=O)(=O)N(C)C)c1. The van der Waals surface area contributed by atoms with Crippen molar-refractivity contribution in [3.63, 3.8) is 0 Å². The number of nitrogens with zero attached hydrogens (tertiary/aromatic N) is 1. The highest BCUT2D eigenvalue weighted by Gasteiger charge is 2.17. The number of amides is 1. The van der Waals surface area contributed by atoms with Gasteiger partial charge in [-0.1, -0.05) is 17.7 Å². The highest BCUT2D eigenvalue weighted by atomic mass is 35.5. The summed E-state index contributed by atoms with van der Waals surface area (Å²) in [5.74, 6) is 0.534. The van der Waals surface area contributed by atoms with Gasteiger partial charge in [-0.25, -0.2) is 12.7 Å². The molecule has 0 fully saturated rings. The zero-order valence-electron chi connectivity index (χ0n) is 15.5. The maximum Gasteiger partial charge on any atom is 0.242 e. The maximum atomic E-state index is 12.2. The third-order valence-corrected chi connectivity index (χ3v) is 5.89. The second kappa shape index (κ2) is 9.21. The Bertz CT molecular complexity index is 914. The summed E-state index contributed by atoms with van der Waals surface area (Å²) in [4.78, 5) is 12.2. The van der Waals surface area contributed by atoms with Crippen molar-refractivity contribution in [3.05, 3.63) is 53.1 Å². The fourth-order valence-corrected chi connectivity index (χ4v) is 3.53. The second-order valence-electron chi connectivity index (χ2n) is 6.23. The van der Waals surface area contributed by atoms with Crippen LogP contribution in [0.5, 0.6) is 5.75 Å². The molecule has 2 aromatic rings. The summed E-state index contributed by atoms with van der Waals surface area (Å²) in [6.45, 7) is 2.30. The lowest BCUT2D eigenvalue weighted by Crippen LogP contribution is -2.22. The molecular weight excluding hydrogens is 388 g/mol. The molecule has 2 rings (SSSR count). The topological polar surface area (TPSA) is 75.7 Å². The predicted molar refractivity (Wildman–Crippen MR) is 107 cm³/mol. The monoisotopic (exact) mass is 410 g/mol. The summed E-state index contributed by atoms with van der Waals surface area (Å²) in [5, 5.41) is 3.37. The molecule has 0 aliphatic carbocycles.